The van der Waals surface area contributed by atoms with Gasteiger partial charge in [0.1, 0.15) is 17.1 Å². The van der Waals surface area contributed by atoms with Crippen LogP contribution in [0.2, 0.25) is 0 Å². The molecule has 1 aliphatic rings. The van der Waals surface area contributed by atoms with Crippen molar-refractivity contribution in [1.82, 2.24) is 9.38 Å². The standard InChI is InChI=1S/C12H14N2O/c15-11-6-3-7-14-10(11)8-13-12(14)9-4-1-2-5-9/h3,6-9,15H,1-2,4-5H2. The summed E-state index contributed by atoms with van der Waals surface area (Å²) >= 11 is 0. The molecule has 3 heteroatoms. The van der Waals surface area contributed by atoms with Gasteiger partial charge >= 0.3 is 0 Å². The first-order valence-electron chi connectivity index (χ1n) is 5.51. The summed E-state index contributed by atoms with van der Waals surface area (Å²) in [5, 5.41) is 9.67. The van der Waals surface area contributed by atoms with Gasteiger partial charge in [-0.15, -0.1) is 0 Å². The molecule has 0 aliphatic heterocycles. The Morgan fingerprint density at radius 2 is 2.13 bits per heavy atom. The van der Waals surface area contributed by atoms with Gasteiger partial charge in [-0.25, -0.2) is 4.98 Å². The van der Waals surface area contributed by atoms with Crippen LogP contribution in [0.3, 0.4) is 0 Å². The molecule has 3 rings (SSSR count). The Bertz CT molecular complexity index is 483. The topological polar surface area (TPSA) is 37.5 Å². The number of aromatic hydroxyl groups is 1. The molecule has 78 valence electrons. The first-order chi connectivity index (χ1) is 7.36. The Morgan fingerprint density at radius 3 is 2.93 bits per heavy atom. The molecule has 1 saturated carbocycles. The monoisotopic (exact) mass is 202 g/mol. The predicted molar refractivity (Wildman–Crippen MR) is 58.1 cm³/mol. The maximum absolute atomic E-state index is 9.67. The van der Waals surface area contributed by atoms with Crippen molar-refractivity contribution in [1.29, 1.82) is 0 Å². The van der Waals surface area contributed by atoms with Crippen LogP contribution in [0.15, 0.2) is 24.5 Å². The molecule has 2 aromatic heterocycles. The summed E-state index contributed by atoms with van der Waals surface area (Å²) in [4.78, 5) is 4.44. The summed E-state index contributed by atoms with van der Waals surface area (Å²) in [6.07, 6.45) is 8.82. The van der Waals surface area contributed by atoms with E-state index in [0.717, 1.165) is 11.3 Å². The first kappa shape index (κ1) is 8.77. The molecular formula is C12H14N2O. The highest BCUT2D eigenvalue weighted by Crippen LogP contribution is 2.34. The Balaban J connectivity index is 2.15. The second-order valence-corrected chi connectivity index (χ2v) is 4.25. The molecule has 0 saturated heterocycles. The van der Waals surface area contributed by atoms with Crippen molar-refractivity contribution < 1.29 is 5.11 Å². The van der Waals surface area contributed by atoms with Crippen LogP contribution in [0.5, 0.6) is 5.75 Å². The molecule has 0 unspecified atom stereocenters. The second kappa shape index (κ2) is 3.26. The quantitative estimate of drug-likeness (QED) is 0.772. The fourth-order valence-electron chi connectivity index (χ4n) is 2.51. The lowest BCUT2D eigenvalue weighted by molar-refractivity contribution is 0.478. The molecule has 0 spiro atoms. The van der Waals surface area contributed by atoms with Crippen molar-refractivity contribution in [2.45, 2.75) is 31.6 Å². The third kappa shape index (κ3) is 1.30. The van der Waals surface area contributed by atoms with Crippen LogP contribution in [0.1, 0.15) is 37.4 Å². The van der Waals surface area contributed by atoms with Crippen LogP contribution in [0.4, 0.5) is 0 Å². The van der Waals surface area contributed by atoms with Gasteiger partial charge in [0, 0.05) is 12.1 Å². The minimum Gasteiger partial charge on any atom is -0.506 e. The van der Waals surface area contributed by atoms with Crippen LogP contribution in [0, 0.1) is 0 Å². The average Bonchev–Trinajstić information content (AvgIpc) is 2.85. The Labute approximate surface area is 88.4 Å². The molecule has 2 aromatic rings. The van der Waals surface area contributed by atoms with Gasteiger partial charge in [0.2, 0.25) is 0 Å². The van der Waals surface area contributed by atoms with Crippen molar-refractivity contribution >= 4 is 5.52 Å². The summed E-state index contributed by atoms with van der Waals surface area (Å²) in [6, 6.07) is 3.57. The van der Waals surface area contributed by atoms with Gasteiger partial charge in [-0.3, -0.25) is 0 Å². The van der Waals surface area contributed by atoms with Gasteiger partial charge in [-0.05, 0) is 25.0 Å². The van der Waals surface area contributed by atoms with Gasteiger partial charge in [0.05, 0.1) is 6.20 Å². The summed E-state index contributed by atoms with van der Waals surface area (Å²) in [6.45, 7) is 0. The normalized spacial score (nSPS) is 17.6. The molecule has 0 bridgehead atoms. The van der Waals surface area contributed by atoms with Gasteiger partial charge in [0.15, 0.2) is 0 Å². The summed E-state index contributed by atoms with van der Waals surface area (Å²) in [5.41, 5.74) is 0.819. The molecule has 3 nitrogen and oxygen atoms in total. The van der Waals surface area contributed by atoms with Crippen LogP contribution < -0.4 is 0 Å². The van der Waals surface area contributed by atoms with E-state index in [9.17, 15) is 5.11 Å². The SMILES string of the molecule is Oc1cccn2c(C3CCCC3)ncc12. The zero-order valence-electron chi connectivity index (χ0n) is 8.56. The maximum atomic E-state index is 9.67. The van der Waals surface area contributed by atoms with E-state index in [4.69, 9.17) is 0 Å². The van der Waals surface area contributed by atoms with Crippen molar-refractivity contribution in [2.75, 3.05) is 0 Å². The Morgan fingerprint density at radius 1 is 1.33 bits per heavy atom. The number of nitrogens with zero attached hydrogens (tertiary/aromatic N) is 2. The van der Waals surface area contributed by atoms with Crippen LogP contribution in [0.25, 0.3) is 5.52 Å². The fourth-order valence-corrected chi connectivity index (χ4v) is 2.51. The molecule has 2 heterocycles. The molecule has 1 N–H and O–H groups in total. The number of rotatable bonds is 1. The zero-order valence-corrected chi connectivity index (χ0v) is 8.56. The summed E-state index contributed by atoms with van der Waals surface area (Å²) in [5.74, 6) is 2.00. The summed E-state index contributed by atoms with van der Waals surface area (Å²) in [7, 11) is 0. The van der Waals surface area contributed by atoms with Crippen molar-refractivity contribution in [3.8, 4) is 5.75 Å². The van der Waals surface area contributed by atoms with Gasteiger partial charge in [0.25, 0.3) is 0 Å². The van der Waals surface area contributed by atoms with Crippen molar-refractivity contribution in [2.24, 2.45) is 0 Å². The Hall–Kier alpha value is -1.51. The number of imidazole rings is 1. The van der Waals surface area contributed by atoms with E-state index < -0.39 is 0 Å². The van der Waals surface area contributed by atoms with E-state index in [1.807, 2.05) is 16.7 Å². The second-order valence-electron chi connectivity index (χ2n) is 4.25. The minimum atomic E-state index is 0.314. The molecular weight excluding hydrogens is 188 g/mol. The smallest absolute Gasteiger partial charge is 0.141 e. The predicted octanol–water partition coefficient (Wildman–Crippen LogP) is 2.70. The highest BCUT2D eigenvalue weighted by atomic mass is 16.3. The third-order valence-corrected chi connectivity index (χ3v) is 3.30. The molecule has 0 aromatic carbocycles. The number of hydrogen-bond donors (Lipinski definition) is 1. The van der Waals surface area contributed by atoms with Gasteiger partial charge < -0.3 is 9.51 Å². The van der Waals surface area contributed by atoms with Crippen LogP contribution >= 0.6 is 0 Å². The number of hydrogen-bond acceptors (Lipinski definition) is 2. The highest BCUT2D eigenvalue weighted by molar-refractivity contribution is 5.58. The highest BCUT2D eigenvalue weighted by Gasteiger charge is 2.21. The van der Waals surface area contributed by atoms with E-state index in [1.54, 1.807) is 12.3 Å². The third-order valence-electron chi connectivity index (χ3n) is 3.30. The molecule has 15 heavy (non-hydrogen) atoms. The molecule has 0 amide bonds. The molecule has 0 radical (unpaired) electrons. The van der Waals surface area contributed by atoms with Crippen LogP contribution in [-0.2, 0) is 0 Å². The lowest BCUT2D eigenvalue weighted by Crippen LogP contribution is -1.99. The van der Waals surface area contributed by atoms with Gasteiger partial charge in [-0.2, -0.15) is 0 Å². The van der Waals surface area contributed by atoms with E-state index >= 15 is 0 Å². The Kier molecular flexibility index (Phi) is 1.91. The van der Waals surface area contributed by atoms with Crippen LogP contribution in [-0.4, -0.2) is 14.5 Å². The summed E-state index contributed by atoms with van der Waals surface area (Å²) < 4.78 is 2.02. The van der Waals surface area contributed by atoms with Gasteiger partial charge in [-0.1, -0.05) is 12.8 Å². The van der Waals surface area contributed by atoms with E-state index in [0.29, 0.717) is 11.7 Å². The minimum absolute atomic E-state index is 0.314. The average molecular weight is 202 g/mol. The molecule has 1 aliphatic carbocycles. The lowest BCUT2D eigenvalue weighted by Gasteiger charge is -2.07. The largest absolute Gasteiger partial charge is 0.506 e. The zero-order chi connectivity index (χ0) is 10.3. The van der Waals surface area contributed by atoms with E-state index in [1.165, 1.54) is 25.7 Å². The van der Waals surface area contributed by atoms with Crippen molar-refractivity contribution in [3.05, 3.63) is 30.4 Å². The fraction of sp³-hybridized carbons (Fsp3) is 0.417. The van der Waals surface area contributed by atoms with E-state index in [-0.39, 0.29) is 0 Å². The number of pyridine rings is 1. The number of aromatic nitrogens is 2. The molecule has 0 atom stereocenters. The van der Waals surface area contributed by atoms with E-state index in [2.05, 4.69) is 4.98 Å². The van der Waals surface area contributed by atoms with Crippen molar-refractivity contribution in [3.63, 3.8) is 0 Å². The molecule has 1 fully saturated rings. The number of fused-ring (bicyclic) bond motifs is 1. The maximum Gasteiger partial charge on any atom is 0.141 e. The first-order valence-corrected chi connectivity index (χ1v) is 5.51. The lowest BCUT2D eigenvalue weighted by atomic mass is 10.1.